The topological polar surface area (TPSA) is 88.1 Å². The molecule has 0 atom stereocenters. The van der Waals surface area contributed by atoms with Gasteiger partial charge >= 0.3 is 17.9 Å². The Kier molecular flexibility index (Phi) is 12.6. The fourth-order valence-corrected chi connectivity index (χ4v) is 4.58. The first-order valence-corrected chi connectivity index (χ1v) is 15.0. The van der Waals surface area contributed by atoms with Gasteiger partial charge in [-0.15, -0.1) is 0 Å². The molecule has 0 fully saturated rings. The minimum absolute atomic E-state index is 0.278. The molecule has 4 aromatic carbocycles. The number of carbonyl (C=O) groups is 3. The van der Waals surface area contributed by atoms with E-state index in [-0.39, 0.29) is 11.9 Å². The molecule has 0 spiro atoms. The Morgan fingerprint density at radius 3 is 1.61 bits per heavy atom. The van der Waals surface area contributed by atoms with E-state index in [9.17, 15) is 14.4 Å². The normalized spacial score (nSPS) is 10.6. The molecule has 0 radical (unpaired) electrons. The first-order valence-electron chi connectivity index (χ1n) is 15.0. The lowest BCUT2D eigenvalue weighted by molar-refractivity contribution is -0.134. The zero-order valence-corrected chi connectivity index (χ0v) is 25.0. The molecule has 4 aromatic rings. The van der Waals surface area contributed by atoms with E-state index in [1.165, 1.54) is 0 Å². The van der Waals surface area contributed by atoms with Gasteiger partial charge in [-0.1, -0.05) is 74.6 Å². The molecule has 44 heavy (non-hydrogen) atoms. The number of benzene rings is 4. The Morgan fingerprint density at radius 2 is 1.00 bits per heavy atom. The summed E-state index contributed by atoms with van der Waals surface area (Å²) in [5.41, 5.74) is 2.96. The van der Waals surface area contributed by atoms with Gasteiger partial charge < -0.3 is 18.9 Å². The van der Waals surface area contributed by atoms with Crippen molar-refractivity contribution in [2.75, 3.05) is 13.7 Å². The van der Waals surface area contributed by atoms with Crippen LogP contribution in [-0.4, -0.2) is 31.6 Å². The first-order chi connectivity index (χ1) is 21.5. The molecule has 0 aliphatic rings. The third kappa shape index (κ3) is 10.4. The standard InChI is InChI=1S/C37H38O7/c1-41-32-21-15-28(16-22-32)29-17-23-34(24-18-29)44-37(40)31-19-25-33(26-20-31)43-35(38)14-10-5-3-2-4-6-11-27-42-36(39)30-12-8-7-9-13-30/h7-9,12-13,15-26H,2-6,10-11,14,27H2,1H3. The van der Waals surface area contributed by atoms with Gasteiger partial charge in [0.25, 0.3) is 0 Å². The van der Waals surface area contributed by atoms with Crippen LogP contribution in [0.25, 0.3) is 11.1 Å². The zero-order valence-electron chi connectivity index (χ0n) is 25.0. The van der Waals surface area contributed by atoms with Crippen LogP contribution < -0.4 is 14.2 Å². The van der Waals surface area contributed by atoms with Crippen LogP contribution >= 0.6 is 0 Å². The number of ether oxygens (including phenoxy) is 4. The molecule has 0 saturated carbocycles. The van der Waals surface area contributed by atoms with E-state index in [1.54, 1.807) is 55.6 Å². The van der Waals surface area contributed by atoms with Crippen molar-refractivity contribution in [2.45, 2.75) is 51.4 Å². The van der Waals surface area contributed by atoms with Crippen molar-refractivity contribution in [1.82, 2.24) is 0 Å². The second-order valence-electron chi connectivity index (χ2n) is 10.4. The van der Waals surface area contributed by atoms with Gasteiger partial charge in [-0.2, -0.15) is 0 Å². The number of rotatable bonds is 16. The van der Waals surface area contributed by atoms with Gasteiger partial charge in [-0.25, -0.2) is 9.59 Å². The summed E-state index contributed by atoms with van der Waals surface area (Å²) >= 11 is 0. The van der Waals surface area contributed by atoms with Crippen molar-refractivity contribution < 1.29 is 33.3 Å². The Balaban J connectivity index is 1.06. The molecule has 0 N–H and O–H groups in total. The summed E-state index contributed by atoms with van der Waals surface area (Å²) in [6.45, 7) is 0.432. The monoisotopic (exact) mass is 594 g/mol. The highest BCUT2D eigenvalue weighted by atomic mass is 16.5. The summed E-state index contributed by atoms with van der Waals surface area (Å²) in [5, 5.41) is 0. The number of unbranched alkanes of at least 4 members (excludes halogenated alkanes) is 6. The lowest BCUT2D eigenvalue weighted by Crippen LogP contribution is -2.10. The molecule has 0 amide bonds. The molecule has 0 unspecified atom stereocenters. The highest BCUT2D eigenvalue weighted by Crippen LogP contribution is 2.25. The molecule has 0 saturated heterocycles. The minimum atomic E-state index is -0.492. The van der Waals surface area contributed by atoms with Crippen LogP contribution in [0, 0.1) is 0 Å². The van der Waals surface area contributed by atoms with E-state index in [0.717, 1.165) is 61.8 Å². The number of esters is 3. The summed E-state index contributed by atoms with van der Waals surface area (Å²) in [4.78, 5) is 36.7. The maximum atomic E-state index is 12.6. The molecular formula is C37H38O7. The van der Waals surface area contributed by atoms with Crippen molar-refractivity contribution in [1.29, 1.82) is 0 Å². The molecule has 0 aliphatic heterocycles. The lowest BCUT2D eigenvalue weighted by atomic mass is 10.1. The van der Waals surface area contributed by atoms with E-state index >= 15 is 0 Å². The maximum absolute atomic E-state index is 12.6. The Labute approximate surface area is 258 Å². The number of carbonyl (C=O) groups excluding carboxylic acids is 3. The van der Waals surface area contributed by atoms with Crippen molar-refractivity contribution in [3.63, 3.8) is 0 Å². The van der Waals surface area contributed by atoms with Crippen LogP contribution in [0.3, 0.4) is 0 Å². The van der Waals surface area contributed by atoms with Crippen molar-refractivity contribution in [3.8, 4) is 28.4 Å². The first kappa shape index (κ1) is 32.0. The zero-order chi connectivity index (χ0) is 31.0. The van der Waals surface area contributed by atoms with Crippen LogP contribution in [0.1, 0.15) is 72.1 Å². The molecule has 0 bridgehead atoms. The third-order valence-electron chi connectivity index (χ3n) is 7.08. The fraction of sp³-hybridized carbons (Fsp3) is 0.270. The van der Waals surface area contributed by atoms with Crippen LogP contribution in [0.5, 0.6) is 17.2 Å². The molecule has 0 heterocycles. The Bertz CT molecular complexity index is 1460. The molecular weight excluding hydrogens is 556 g/mol. The predicted molar refractivity (Wildman–Crippen MR) is 169 cm³/mol. The van der Waals surface area contributed by atoms with Gasteiger partial charge in [0.05, 0.1) is 24.8 Å². The van der Waals surface area contributed by atoms with Gasteiger partial charge in [0.2, 0.25) is 0 Å². The predicted octanol–water partition coefficient (Wildman–Crippen LogP) is 8.46. The van der Waals surface area contributed by atoms with Crippen LogP contribution in [0.15, 0.2) is 103 Å². The van der Waals surface area contributed by atoms with Gasteiger partial charge in [0.1, 0.15) is 17.2 Å². The summed E-state index contributed by atoms with van der Waals surface area (Å²) in [6.07, 6.45) is 7.08. The van der Waals surface area contributed by atoms with Crippen LogP contribution in [0.2, 0.25) is 0 Å². The number of hydrogen-bond donors (Lipinski definition) is 0. The van der Waals surface area contributed by atoms with E-state index in [0.29, 0.717) is 35.7 Å². The molecule has 7 nitrogen and oxygen atoms in total. The molecule has 0 aromatic heterocycles. The Hall–Kier alpha value is -4.91. The SMILES string of the molecule is COc1ccc(-c2ccc(OC(=O)c3ccc(OC(=O)CCCCCCCCCOC(=O)c4ccccc4)cc3)cc2)cc1. The van der Waals surface area contributed by atoms with Crippen molar-refractivity contribution >= 4 is 17.9 Å². The lowest BCUT2D eigenvalue weighted by Gasteiger charge is -2.08. The van der Waals surface area contributed by atoms with E-state index in [2.05, 4.69) is 0 Å². The van der Waals surface area contributed by atoms with Crippen LogP contribution in [0.4, 0.5) is 0 Å². The summed E-state index contributed by atoms with van der Waals surface area (Å²) in [7, 11) is 1.63. The molecule has 7 heteroatoms. The average molecular weight is 595 g/mol. The summed E-state index contributed by atoms with van der Waals surface area (Å²) in [5.74, 6) is 0.553. The van der Waals surface area contributed by atoms with Crippen molar-refractivity contribution in [3.05, 3.63) is 114 Å². The number of methoxy groups -OCH3 is 1. The smallest absolute Gasteiger partial charge is 0.343 e. The highest BCUT2D eigenvalue weighted by molar-refractivity contribution is 5.91. The van der Waals surface area contributed by atoms with Crippen LogP contribution in [-0.2, 0) is 9.53 Å². The van der Waals surface area contributed by atoms with Gasteiger partial charge in [0, 0.05) is 6.42 Å². The second kappa shape index (κ2) is 17.3. The third-order valence-corrected chi connectivity index (χ3v) is 7.08. The van der Waals surface area contributed by atoms with E-state index in [1.807, 2.05) is 54.6 Å². The maximum Gasteiger partial charge on any atom is 0.343 e. The second-order valence-corrected chi connectivity index (χ2v) is 10.4. The molecule has 4 rings (SSSR count). The fourth-order valence-electron chi connectivity index (χ4n) is 4.58. The molecule has 0 aliphatic carbocycles. The largest absolute Gasteiger partial charge is 0.497 e. The summed E-state index contributed by atoms with van der Waals surface area (Å²) in [6, 6.07) is 30.4. The van der Waals surface area contributed by atoms with E-state index in [4.69, 9.17) is 18.9 Å². The summed E-state index contributed by atoms with van der Waals surface area (Å²) < 4.78 is 21.4. The van der Waals surface area contributed by atoms with Gasteiger partial charge in [-0.3, -0.25) is 4.79 Å². The van der Waals surface area contributed by atoms with Gasteiger partial charge in [-0.05, 0) is 84.6 Å². The quantitative estimate of drug-likeness (QED) is 0.0730. The minimum Gasteiger partial charge on any atom is -0.497 e. The number of hydrogen-bond acceptors (Lipinski definition) is 7. The van der Waals surface area contributed by atoms with Crippen molar-refractivity contribution in [2.24, 2.45) is 0 Å². The van der Waals surface area contributed by atoms with E-state index < -0.39 is 5.97 Å². The molecule has 228 valence electrons. The average Bonchev–Trinajstić information content (AvgIpc) is 3.06. The Morgan fingerprint density at radius 1 is 0.500 bits per heavy atom. The van der Waals surface area contributed by atoms with Gasteiger partial charge in [0.15, 0.2) is 0 Å². The highest BCUT2D eigenvalue weighted by Gasteiger charge is 2.11.